The number of nitrogens with zero attached hydrogens (tertiary/aromatic N) is 2. The highest BCUT2D eigenvalue weighted by molar-refractivity contribution is 5.28. The molecule has 4 nitrogen and oxygen atoms in total. The monoisotopic (exact) mass is 293 g/mol. The van der Waals surface area contributed by atoms with Crippen molar-refractivity contribution in [2.75, 3.05) is 19.7 Å². The topological polar surface area (TPSA) is 39.1 Å². The molecule has 1 aromatic heterocycles. The third kappa shape index (κ3) is 3.67. The molecule has 0 aliphatic carbocycles. The third-order valence-corrected chi connectivity index (χ3v) is 5.03. The lowest BCUT2D eigenvalue weighted by atomic mass is 9.89. The molecular formula is C17H31N3O. The first-order chi connectivity index (χ1) is 9.85. The largest absolute Gasteiger partial charge is 0.373 e. The average Bonchev–Trinajstić information content (AvgIpc) is 2.95. The van der Waals surface area contributed by atoms with Crippen LogP contribution in [0, 0.1) is 25.2 Å². The van der Waals surface area contributed by atoms with Crippen LogP contribution >= 0.6 is 0 Å². The predicted molar refractivity (Wildman–Crippen MR) is 86.4 cm³/mol. The molecule has 0 bridgehead atoms. The van der Waals surface area contributed by atoms with Crippen LogP contribution in [0.3, 0.4) is 0 Å². The Kier molecular flexibility index (Phi) is 5.10. The zero-order valence-electron chi connectivity index (χ0n) is 14.5. The fourth-order valence-electron chi connectivity index (χ4n) is 3.08. The van der Waals surface area contributed by atoms with Gasteiger partial charge in [-0.2, -0.15) is 5.10 Å². The SMILES string of the molecule is CCC(C)(C)CNCC1CCOC1c1c(C)nn(C)c1C. The highest BCUT2D eigenvalue weighted by Crippen LogP contribution is 2.37. The van der Waals surface area contributed by atoms with Gasteiger partial charge in [-0.3, -0.25) is 4.68 Å². The van der Waals surface area contributed by atoms with Gasteiger partial charge in [-0.15, -0.1) is 0 Å². The maximum Gasteiger partial charge on any atom is 0.0901 e. The molecule has 0 saturated carbocycles. The van der Waals surface area contributed by atoms with Crippen LogP contribution in [0.5, 0.6) is 0 Å². The van der Waals surface area contributed by atoms with E-state index in [0.29, 0.717) is 11.3 Å². The molecule has 1 aliphatic heterocycles. The van der Waals surface area contributed by atoms with E-state index in [1.54, 1.807) is 0 Å². The first kappa shape index (κ1) is 16.5. The van der Waals surface area contributed by atoms with Crippen molar-refractivity contribution in [1.29, 1.82) is 0 Å². The molecule has 4 heteroatoms. The van der Waals surface area contributed by atoms with E-state index >= 15 is 0 Å². The van der Waals surface area contributed by atoms with Gasteiger partial charge in [0, 0.05) is 43.9 Å². The Balaban J connectivity index is 2.01. The van der Waals surface area contributed by atoms with Gasteiger partial charge in [-0.1, -0.05) is 20.8 Å². The van der Waals surface area contributed by atoms with Gasteiger partial charge in [0.2, 0.25) is 0 Å². The van der Waals surface area contributed by atoms with Gasteiger partial charge < -0.3 is 10.1 Å². The van der Waals surface area contributed by atoms with Gasteiger partial charge in [0.25, 0.3) is 0 Å². The van der Waals surface area contributed by atoms with Crippen LogP contribution in [0.25, 0.3) is 0 Å². The van der Waals surface area contributed by atoms with Gasteiger partial charge in [0.1, 0.15) is 0 Å². The number of rotatable bonds is 6. The molecule has 1 fully saturated rings. The second-order valence-corrected chi connectivity index (χ2v) is 7.20. The van der Waals surface area contributed by atoms with Crippen molar-refractivity contribution in [1.82, 2.24) is 15.1 Å². The summed E-state index contributed by atoms with van der Waals surface area (Å²) in [5.74, 6) is 0.555. The summed E-state index contributed by atoms with van der Waals surface area (Å²) in [6.45, 7) is 14.1. The maximum atomic E-state index is 6.04. The Hall–Kier alpha value is -0.870. The Bertz CT molecular complexity index is 479. The quantitative estimate of drug-likeness (QED) is 0.876. The lowest BCUT2D eigenvalue weighted by Gasteiger charge is -2.25. The number of hydrogen-bond acceptors (Lipinski definition) is 3. The van der Waals surface area contributed by atoms with Crippen LogP contribution in [0.1, 0.15) is 56.7 Å². The number of nitrogens with one attached hydrogen (secondary N) is 1. The minimum atomic E-state index is 0.205. The van der Waals surface area contributed by atoms with Gasteiger partial charge >= 0.3 is 0 Å². The van der Waals surface area contributed by atoms with E-state index in [0.717, 1.165) is 31.8 Å². The van der Waals surface area contributed by atoms with E-state index < -0.39 is 0 Å². The Labute approximate surface area is 129 Å². The summed E-state index contributed by atoms with van der Waals surface area (Å²) >= 11 is 0. The molecule has 0 radical (unpaired) electrons. The fraction of sp³-hybridized carbons (Fsp3) is 0.824. The molecule has 0 spiro atoms. The van der Waals surface area contributed by atoms with Crippen molar-refractivity contribution in [3.8, 4) is 0 Å². The molecule has 0 amide bonds. The lowest BCUT2D eigenvalue weighted by molar-refractivity contribution is 0.0887. The van der Waals surface area contributed by atoms with E-state index in [9.17, 15) is 0 Å². The number of ether oxygens (including phenoxy) is 1. The molecule has 1 N–H and O–H groups in total. The van der Waals surface area contributed by atoms with Crippen molar-refractivity contribution in [3.63, 3.8) is 0 Å². The summed E-state index contributed by atoms with van der Waals surface area (Å²) < 4.78 is 8.01. The summed E-state index contributed by atoms with van der Waals surface area (Å²) in [5, 5.41) is 8.20. The van der Waals surface area contributed by atoms with Crippen LogP contribution in [-0.2, 0) is 11.8 Å². The highest BCUT2D eigenvalue weighted by atomic mass is 16.5. The van der Waals surface area contributed by atoms with Gasteiger partial charge in [0.15, 0.2) is 0 Å². The van der Waals surface area contributed by atoms with Crippen LogP contribution in [0.2, 0.25) is 0 Å². The average molecular weight is 293 g/mol. The van der Waals surface area contributed by atoms with Crippen molar-refractivity contribution < 1.29 is 4.74 Å². The molecule has 1 aliphatic rings. The van der Waals surface area contributed by atoms with Crippen LogP contribution in [-0.4, -0.2) is 29.5 Å². The van der Waals surface area contributed by atoms with E-state index in [-0.39, 0.29) is 6.10 Å². The molecule has 0 aromatic carbocycles. The molecule has 2 rings (SSSR count). The van der Waals surface area contributed by atoms with Crippen LogP contribution in [0.15, 0.2) is 0 Å². The summed E-state index contributed by atoms with van der Waals surface area (Å²) in [6.07, 6.45) is 2.54. The molecule has 2 heterocycles. The number of aromatic nitrogens is 2. The summed E-state index contributed by atoms with van der Waals surface area (Å²) in [4.78, 5) is 0. The normalized spacial score (nSPS) is 23.0. The first-order valence-corrected chi connectivity index (χ1v) is 8.18. The maximum absolute atomic E-state index is 6.04. The van der Waals surface area contributed by atoms with E-state index in [2.05, 4.69) is 45.0 Å². The smallest absolute Gasteiger partial charge is 0.0901 e. The minimum absolute atomic E-state index is 0.205. The highest BCUT2D eigenvalue weighted by Gasteiger charge is 2.33. The van der Waals surface area contributed by atoms with Crippen molar-refractivity contribution in [2.24, 2.45) is 18.4 Å². The third-order valence-electron chi connectivity index (χ3n) is 5.03. The van der Waals surface area contributed by atoms with Crippen molar-refractivity contribution in [2.45, 2.75) is 53.6 Å². The molecule has 1 saturated heterocycles. The molecule has 2 atom stereocenters. The molecule has 120 valence electrons. The van der Waals surface area contributed by atoms with Crippen LogP contribution in [0.4, 0.5) is 0 Å². The molecule has 21 heavy (non-hydrogen) atoms. The predicted octanol–water partition coefficient (Wildman–Crippen LogP) is 3.14. The number of hydrogen-bond donors (Lipinski definition) is 1. The van der Waals surface area contributed by atoms with Gasteiger partial charge in [0.05, 0.1) is 11.8 Å². The van der Waals surface area contributed by atoms with E-state index in [1.165, 1.54) is 17.7 Å². The van der Waals surface area contributed by atoms with Crippen LogP contribution < -0.4 is 5.32 Å². The Morgan fingerprint density at radius 3 is 2.67 bits per heavy atom. The summed E-state index contributed by atoms with van der Waals surface area (Å²) in [7, 11) is 2.01. The van der Waals surface area contributed by atoms with E-state index in [1.807, 2.05) is 11.7 Å². The summed E-state index contributed by atoms with van der Waals surface area (Å²) in [5.41, 5.74) is 4.02. The van der Waals surface area contributed by atoms with Gasteiger partial charge in [-0.25, -0.2) is 0 Å². The second kappa shape index (κ2) is 6.49. The van der Waals surface area contributed by atoms with Crippen molar-refractivity contribution >= 4 is 0 Å². The van der Waals surface area contributed by atoms with Crippen molar-refractivity contribution in [3.05, 3.63) is 17.0 Å². The Morgan fingerprint density at radius 2 is 2.10 bits per heavy atom. The zero-order chi connectivity index (χ0) is 15.6. The Morgan fingerprint density at radius 1 is 1.38 bits per heavy atom. The minimum Gasteiger partial charge on any atom is -0.373 e. The van der Waals surface area contributed by atoms with E-state index in [4.69, 9.17) is 4.74 Å². The summed E-state index contributed by atoms with van der Waals surface area (Å²) in [6, 6.07) is 0. The molecule has 2 unspecified atom stereocenters. The molecule has 1 aromatic rings. The lowest BCUT2D eigenvalue weighted by Crippen LogP contribution is -2.33. The first-order valence-electron chi connectivity index (χ1n) is 8.18. The molecular weight excluding hydrogens is 262 g/mol. The standard InChI is InChI=1S/C17H31N3O/c1-7-17(4,5)11-18-10-14-8-9-21-16(14)15-12(2)19-20(6)13(15)3/h14,16,18H,7-11H2,1-6H3. The zero-order valence-corrected chi connectivity index (χ0v) is 14.5. The second-order valence-electron chi connectivity index (χ2n) is 7.20. The number of aryl methyl sites for hydroxylation is 2. The fourth-order valence-corrected chi connectivity index (χ4v) is 3.08. The van der Waals surface area contributed by atoms with Gasteiger partial charge in [-0.05, 0) is 32.1 Å².